The Hall–Kier alpha value is -2.50. The summed E-state index contributed by atoms with van der Waals surface area (Å²) in [5.74, 6) is -0.557. The van der Waals surface area contributed by atoms with Crippen LogP contribution in [0.25, 0.3) is 0 Å². The minimum absolute atomic E-state index is 0.0979. The SMILES string of the molecule is C/C(=N/OC(=O)c1ccco1)c1cnccn1. The maximum absolute atomic E-state index is 11.4. The van der Waals surface area contributed by atoms with E-state index in [0.29, 0.717) is 11.4 Å². The second kappa shape index (κ2) is 5.02. The van der Waals surface area contributed by atoms with E-state index in [0.717, 1.165) is 0 Å². The quantitative estimate of drug-likeness (QED) is 0.456. The third-order valence-corrected chi connectivity index (χ3v) is 1.92. The first kappa shape index (κ1) is 11.0. The molecule has 2 aromatic heterocycles. The molecule has 2 heterocycles. The molecule has 0 radical (unpaired) electrons. The molecule has 2 rings (SSSR count). The van der Waals surface area contributed by atoms with Crippen molar-refractivity contribution in [1.29, 1.82) is 0 Å². The highest BCUT2D eigenvalue weighted by Crippen LogP contribution is 2.03. The number of oxime groups is 1. The molecule has 0 amide bonds. The number of carbonyl (C=O) groups is 1. The minimum atomic E-state index is -0.654. The number of hydrogen-bond donors (Lipinski definition) is 0. The predicted molar refractivity (Wildman–Crippen MR) is 58.4 cm³/mol. The van der Waals surface area contributed by atoms with Gasteiger partial charge in [0.15, 0.2) is 0 Å². The van der Waals surface area contributed by atoms with E-state index in [1.807, 2.05) is 0 Å². The van der Waals surface area contributed by atoms with Crippen LogP contribution in [0.5, 0.6) is 0 Å². The van der Waals surface area contributed by atoms with E-state index in [1.54, 1.807) is 19.2 Å². The third kappa shape index (κ3) is 2.75. The van der Waals surface area contributed by atoms with Crippen LogP contribution in [0.1, 0.15) is 23.2 Å². The molecule has 0 aliphatic heterocycles. The van der Waals surface area contributed by atoms with Crippen LogP contribution in [0.4, 0.5) is 0 Å². The number of aromatic nitrogens is 2. The molecule has 0 saturated carbocycles. The first-order chi connectivity index (χ1) is 8.27. The fourth-order valence-corrected chi connectivity index (χ4v) is 1.08. The lowest BCUT2D eigenvalue weighted by Crippen LogP contribution is -2.04. The van der Waals surface area contributed by atoms with Crippen molar-refractivity contribution in [2.45, 2.75) is 6.92 Å². The van der Waals surface area contributed by atoms with Crippen LogP contribution in [0.15, 0.2) is 46.6 Å². The molecule has 0 aliphatic carbocycles. The Labute approximate surface area is 96.9 Å². The lowest BCUT2D eigenvalue weighted by atomic mass is 10.3. The molecule has 0 bridgehead atoms. The highest BCUT2D eigenvalue weighted by Gasteiger charge is 2.10. The van der Waals surface area contributed by atoms with E-state index in [9.17, 15) is 4.79 Å². The van der Waals surface area contributed by atoms with Gasteiger partial charge in [0.1, 0.15) is 11.4 Å². The fourth-order valence-electron chi connectivity index (χ4n) is 1.08. The van der Waals surface area contributed by atoms with Crippen molar-refractivity contribution in [2.24, 2.45) is 5.16 Å². The van der Waals surface area contributed by atoms with Crippen LogP contribution in [0.3, 0.4) is 0 Å². The molecule has 0 aromatic carbocycles. The zero-order valence-electron chi connectivity index (χ0n) is 9.03. The van der Waals surface area contributed by atoms with Crippen LogP contribution < -0.4 is 0 Å². The largest absolute Gasteiger partial charge is 0.457 e. The van der Waals surface area contributed by atoms with Gasteiger partial charge in [-0.3, -0.25) is 9.97 Å². The second-order valence-electron chi connectivity index (χ2n) is 3.12. The van der Waals surface area contributed by atoms with Gasteiger partial charge in [-0.1, -0.05) is 5.16 Å². The lowest BCUT2D eigenvalue weighted by molar-refractivity contribution is 0.0480. The average Bonchev–Trinajstić information content (AvgIpc) is 2.90. The molecule has 0 atom stereocenters. The molecular formula is C11H9N3O3. The molecule has 6 nitrogen and oxygen atoms in total. The number of carbonyl (C=O) groups excluding carboxylic acids is 1. The topological polar surface area (TPSA) is 77.6 Å². The molecule has 6 heteroatoms. The Morgan fingerprint density at radius 2 is 2.35 bits per heavy atom. The fraction of sp³-hybridized carbons (Fsp3) is 0.0909. The van der Waals surface area contributed by atoms with E-state index in [2.05, 4.69) is 15.1 Å². The molecule has 0 unspecified atom stereocenters. The van der Waals surface area contributed by atoms with E-state index < -0.39 is 5.97 Å². The maximum atomic E-state index is 11.4. The number of hydrogen-bond acceptors (Lipinski definition) is 6. The molecular weight excluding hydrogens is 222 g/mol. The highest BCUT2D eigenvalue weighted by molar-refractivity contribution is 5.97. The molecule has 0 fully saturated rings. The molecule has 0 N–H and O–H groups in total. The summed E-state index contributed by atoms with van der Waals surface area (Å²) < 4.78 is 4.86. The average molecular weight is 231 g/mol. The van der Waals surface area contributed by atoms with Gasteiger partial charge in [0.2, 0.25) is 5.76 Å². The van der Waals surface area contributed by atoms with Crippen LogP contribution in [-0.2, 0) is 4.84 Å². The van der Waals surface area contributed by atoms with Gasteiger partial charge in [-0.25, -0.2) is 4.79 Å². The first-order valence-corrected chi connectivity index (χ1v) is 4.83. The molecule has 0 spiro atoms. The Kier molecular flexibility index (Phi) is 3.25. The van der Waals surface area contributed by atoms with Gasteiger partial charge in [0, 0.05) is 12.4 Å². The van der Waals surface area contributed by atoms with Crippen molar-refractivity contribution >= 4 is 11.7 Å². The predicted octanol–water partition coefficient (Wildman–Crippen LogP) is 1.65. The van der Waals surface area contributed by atoms with Gasteiger partial charge in [0.05, 0.1) is 12.5 Å². The van der Waals surface area contributed by atoms with E-state index in [1.165, 1.54) is 24.7 Å². The van der Waals surface area contributed by atoms with E-state index >= 15 is 0 Å². The summed E-state index contributed by atoms with van der Waals surface area (Å²) in [5, 5.41) is 3.65. The zero-order valence-corrected chi connectivity index (χ0v) is 9.03. The Morgan fingerprint density at radius 3 is 3.00 bits per heavy atom. The van der Waals surface area contributed by atoms with Gasteiger partial charge in [-0.05, 0) is 19.1 Å². The molecule has 2 aromatic rings. The van der Waals surface area contributed by atoms with Crippen molar-refractivity contribution < 1.29 is 14.0 Å². The van der Waals surface area contributed by atoms with Crippen LogP contribution >= 0.6 is 0 Å². The summed E-state index contributed by atoms with van der Waals surface area (Å²) >= 11 is 0. The minimum Gasteiger partial charge on any atom is -0.457 e. The summed E-state index contributed by atoms with van der Waals surface area (Å²) in [7, 11) is 0. The second-order valence-corrected chi connectivity index (χ2v) is 3.12. The van der Waals surface area contributed by atoms with Crippen LogP contribution in [-0.4, -0.2) is 21.6 Å². The van der Waals surface area contributed by atoms with E-state index in [-0.39, 0.29) is 5.76 Å². The number of nitrogens with zero attached hydrogens (tertiary/aromatic N) is 3. The zero-order chi connectivity index (χ0) is 12.1. The van der Waals surface area contributed by atoms with Gasteiger partial charge >= 0.3 is 5.97 Å². The maximum Gasteiger partial charge on any atom is 0.400 e. The summed E-state index contributed by atoms with van der Waals surface area (Å²) in [6, 6.07) is 3.09. The van der Waals surface area contributed by atoms with Crippen molar-refractivity contribution in [3.05, 3.63) is 48.4 Å². The Balaban J connectivity index is 2.04. The van der Waals surface area contributed by atoms with Crippen molar-refractivity contribution in [1.82, 2.24) is 9.97 Å². The molecule has 0 aliphatic rings. The third-order valence-electron chi connectivity index (χ3n) is 1.92. The van der Waals surface area contributed by atoms with Crippen LogP contribution in [0.2, 0.25) is 0 Å². The number of furan rings is 1. The standard InChI is InChI=1S/C11H9N3O3/c1-8(9-7-12-4-5-13-9)14-17-11(15)10-3-2-6-16-10/h2-7H,1H3/b14-8-. The summed E-state index contributed by atoms with van der Waals surface area (Å²) in [5.41, 5.74) is 0.998. The molecule has 17 heavy (non-hydrogen) atoms. The monoisotopic (exact) mass is 231 g/mol. The van der Waals surface area contributed by atoms with Gasteiger partial charge < -0.3 is 9.25 Å². The summed E-state index contributed by atoms with van der Waals surface area (Å²) in [6.07, 6.45) is 5.99. The summed E-state index contributed by atoms with van der Waals surface area (Å²) in [6.45, 7) is 1.67. The van der Waals surface area contributed by atoms with Gasteiger partial charge in [-0.2, -0.15) is 0 Å². The normalized spacial score (nSPS) is 11.2. The number of rotatable bonds is 3. The Bertz CT molecular complexity index is 520. The Morgan fingerprint density at radius 1 is 1.47 bits per heavy atom. The van der Waals surface area contributed by atoms with Crippen molar-refractivity contribution in [3.8, 4) is 0 Å². The van der Waals surface area contributed by atoms with Crippen molar-refractivity contribution in [3.63, 3.8) is 0 Å². The van der Waals surface area contributed by atoms with E-state index in [4.69, 9.17) is 9.25 Å². The molecule has 86 valence electrons. The summed E-state index contributed by atoms with van der Waals surface area (Å²) in [4.78, 5) is 24.0. The molecule has 0 saturated heterocycles. The van der Waals surface area contributed by atoms with Crippen LogP contribution in [0, 0.1) is 0 Å². The highest BCUT2D eigenvalue weighted by atomic mass is 16.7. The smallest absolute Gasteiger partial charge is 0.400 e. The first-order valence-electron chi connectivity index (χ1n) is 4.83. The van der Waals surface area contributed by atoms with Crippen molar-refractivity contribution in [2.75, 3.05) is 0 Å². The van der Waals surface area contributed by atoms with Gasteiger partial charge in [0.25, 0.3) is 0 Å². The van der Waals surface area contributed by atoms with Gasteiger partial charge in [-0.15, -0.1) is 0 Å². The lowest BCUT2D eigenvalue weighted by Gasteiger charge is -1.97.